The van der Waals surface area contributed by atoms with Crippen molar-refractivity contribution < 1.29 is 4.39 Å². The zero-order valence-electron chi connectivity index (χ0n) is 11.1. The number of halogens is 2. The van der Waals surface area contributed by atoms with Gasteiger partial charge in [-0.15, -0.1) is 0 Å². The molecule has 0 radical (unpaired) electrons. The third kappa shape index (κ3) is 3.43. The summed E-state index contributed by atoms with van der Waals surface area (Å²) in [4.78, 5) is 0. The van der Waals surface area contributed by atoms with E-state index in [9.17, 15) is 4.39 Å². The summed E-state index contributed by atoms with van der Waals surface area (Å²) in [6.45, 7) is 4.10. The van der Waals surface area contributed by atoms with Crippen molar-refractivity contribution in [2.24, 2.45) is 5.73 Å². The Kier molecular flexibility index (Phi) is 4.38. The Labute approximate surface area is 121 Å². The molecule has 0 bridgehead atoms. The molecule has 100 valence electrons. The Bertz CT molecular complexity index is 572. The lowest BCUT2D eigenvalue weighted by Gasteiger charge is -2.15. The van der Waals surface area contributed by atoms with Gasteiger partial charge in [-0.2, -0.15) is 0 Å². The summed E-state index contributed by atoms with van der Waals surface area (Å²) in [5, 5.41) is 0. The fraction of sp³-hybridized carbons (Fsp3) is 0.250. The SMILES string of the molecule is Cc1cc(C(N)Cc2cccc(F)c2)cc(C)c1Br. The first-order valence-corrected chi connectivity index (χ1v) is 7.03. The van der Waals surface area contributed by atoms with Gasteiger partial charge in [0.15, 0.2) is 0 Å². The van der Waals surface area contributed by atoms with Gasteiger partial charge in [0.05, 0.1) is 0 Å². The second-order valence-corrected chi connectivity index (χ2v) is 5.70. The van der Waals surface area contributed by atoms with Gasteiger partial charge in [-0.1, -0.05) is 40.2 Å². The highest BCUT2D eigenvalue weighted by Gasteiger charge is 2.10. The molecular weight excluding hydrogens is 305 g/mol. The van der Waals surface area contributed by atoms with Gasteiger partial charge in [0.1, 0.15) is 5.82 Å². The lowest BCUT2D eigenvalue weighted by molar-refractivity contribution is 0.622. The predicted molar refractivity (Wildman–Crippen MR) is 80.6 cm³/mol. The van der Waals surface area contributed by atoms with Crippen LogP contribution in [-0.2, 0) is 6.42 Å². The molecule has 0 saturated heterocycles. The smallest absolute Gasteiger partial charge is 0.123 e. The van der Waals surface area contributed by atoms with E-state index >= 15 is 0 Å². The highest BCUT2D eigenvalue weighted by molar-refractivity contribution is 9.10. The average molecular weight is 322 g/mol. The minimum atomic E-state index is -0.215. The fourth-order valence-corrected chi connectivity index (χ4v) is 2.46. The van der Waals surface area contributed by atoms with Gasteiger partial charge in [-0.05, 0) is 54.7 Å². The van der Waals surface area contributed by atoms with Crippen molar-refractivity contribution in [3.63, 3.8) is 0 Å². The van der Waals surface area contributed by atoms with E-state index in [1.165, 1.54) is 17.2 Å². The standard InChI is InChI=1S/C16H17BrFN/c1-10-6-13(7-11(2)16(10)17)15(19)9-12-4-3-5-14(18)8-12/h3-8,15H,9,19H2,1-2H3. The van der Waals surface area contributed by atoms with Crippen LogP contribution >= 0.6 is 15.9 Å². The van der Waals surface area contributed by atoms with Crippen LogP contribution in [0.25, 0.3) is 0 Å². The fourth-order valence-electron chi connectivity index (χ4n) is 2.23. The van der Waals surface area contributed by atoms with Crippen LogP contribution in [0.3, 0.4) is 0 Å². The van der Waals surface area contributed by atoms with Crippen molar-refractivity contribution in [3.8, 4) is 0 Å². The second kappa shape index (κ2) is 5.85. The van der Waals surface area contributed by atoms with E-state index in [2.05, 4.69) is 41.9 Å². The Morgan fingerprint density at radius 3 is 2.37 bits per heavy atom. The molecule has 0 aliphatic rings. The van der Waals surface area contributed by atoms with Crippen LogP contribution in [0.5, 0.6) is 0 Å². The van der Waals surface area contributed by atoms with E-state index in [0.717, 1.165) is 15.6 Å². The molecular formula is C16H17BrFN. The Balaban J connectivity index is 2.23. The Morgan fingerprint density at radius 1 is 1.16 bits per heavy atom. The zero-order chi connectivity index (χ0) is 14.0. The number of hydrogen-bond acceptors (Lipinski definition) is 1. The lowest BCUT2D eigenvalue weighted by atomic mass is 9.96. The van der Waals surface area contributed by atoms with Crippen molar-refractivity contribution in [2.75, 3.05) is 0 Å². The summed E-state index contributed by atoms with van der Waals surface area (Å²) in [7, 11) is 0. The van der Waals surface area contributed by atoms with Gasteiger partial charge < -0.3 is 5.73 Å². The van der Waals surface area contributed by atoms with Crippen LogP contribution in [0.15, 0.2) is 40.9 Å². The van der Waals surface area contributed by atoms with E-state index in [0.29, 0.717) is 6.42 Å². The van der Waals surface area contributed by atoms with Gasteiger partial charge in [0.25, 0.3) is 0 Å². The van der Waals surface area contributed by atoms with Crippen LogP contribution in [0.1, 0.15) is 28.3 Å². The first-order chi connectivity index (χ1) is 8.97. The minimum absolute atomic E-state index is 0.118. The normalized spacial score (nSPS) is 12.5. The maximum Gasteiger partial charge on any atom is 0.123 e. The molecule has 0 fully saturated rings. The predicted octanol–water partition coefficient (Wildman–Crippen LogP) is 4.45. The molecule has 19 heavy (non-hydrogen) atoms. The van der Waals surface area contributed by atoms with Gasteiger partial charge in [0, 0.05) is 10.5 Å². The molecule has 2 rings (SSSR count). The van der Waals surface area contributed by atoms with Crippen molar-refractivity contribution in [2.45, 2.75) is 26.3 Å². The molecule has 1 atom stereocenters. The van der Waals surface area contributed by atoms with E-state index in [1.54, 1.807) is 12.1 Å². The topological polar surface area (TPSA) is 26.0 Å². The summed E-state index contributed by atoms with van der Waals surface area (Å²) in [5.41, 5.74) is 10.6. The zero-order valence-corrected chi connectivity index (χ0v) is 12.7. The quantitative estimate of drug-likeness (QED) is 0.888. The molecule has 0 spiro atoms. The van der Waals surface area contributed by atoms with E-state index in [1.807, 2.05) is 6.07 Å². The van der Waals surface area contributed by atoms with Crippen LogP contribution < -0.4 is 5.73 Å². The van der Waals surface area contributed by atoms with Crippen molar-refractivity contribution in [3.05, 3.63) is 68.9 Å². The molecule has 2 N–H and O–H groups in total. The van der Waals surface area contributed by atoms with E-state index in [-0.39, 0.29) is 11.9 Å². The Hall–Kier alpha value is -1.19. The largest absolute Gasteiger partial charge is 0.324 e. The summed E-state index contributed by atoms with van der Waals surface area (Å²) < 4.78 is 14.3. The molecule has 0 aromatic heterocycles. The lowest BCUT2D eigenvalue weighted by Crippen LogP contribution is -2.14. The van der Waals surface area contributed by atoms with Crippen molar-refractivity contribution in [1.29, 1.82) is 0 Å². The molecule has 0 amide bonds. The van der Waals surface area contributed by atoms with Crippen LogP contribution in [0.2, 0.25) is 0 Å². The van der Waals surface area contributed by atoms with Gasteiger partial charge in [-0.3, -0.25) is 0 Å². The molecule has 0 heterocycles. The number of benzene rings is 2. The molecule has 1 unspecified atom stereocenters. The molecule has 2 aromatic carbocycles. The van der Waals surface area contributed by atoms with Crippen LogP contribution in [-0.4, -0.2) is 0 Å². The van der Waals surface area contributed by atoms with Gasteiger partial charge >= 0.3 is 0 Å². The molecule has 0 aliphatic heterocycles. The Morgan fingerprint density at radius 2 is 1.79 bits per heavy atom. The summed E-state index contributed by atoms with van der Waals surface area (Å²) in [6, 6.07) is 10.7. The van der Waals surface area contributed by atoms with Gasteiger partial charge in [0.2, 0.25) is 0 Å². The second-order valence-electron chi connectivity index (χ2n) is 4.91. The number of nitrogens with two attached hydrogens (primary N) is 1. The van der Waals surface area contributed by atoms with Gasteiger partial charge in [-0.25, -0.2) is 4.39 Å². The molecule has 3 heteroatoms. The first kappa shape index (κ1) is 14.2. The maximum atomic E-state index is 13.2. The van der Waals surface area contributed by atoms with Crippen LogP contribution in [0, 0.1) is 19.7 Å². The van der Waals surface area contributed by atoms with E-state index < -0.39 is 0 Å². The van der Waals surface area contributed by atoms with Crippen molar-refractivity contribution >= 4 is 15.9 Å². The number of rotatable bonds is 3. The minimum Gasteiger partial charge on any atom is -0.324 e. The molecule has 1 nitrogen and oxygen atoms in total. The number of hydrogen-bond donors (Lipinski definition) is 1. The average Bonchev–Trinajstić information content (AvgIpc) is 2.35. The molecule has 0 saturated carbocycles. The third-order valence-corrected chi connectivity index (χ3v) is 4.48. The van der Waals surface area contributed by atoms with Crippen molar-refractivity contribution in [1.82, 2.24) is 0 Å². The summed E-state index contributed by atoms with van der Waals surface area (Å²) in [6.07, 6.45) is 0.637. The monoisotopic (exact) mass is 321 g/mol. The van der Waals surface area contributed by atoms with E-state index in [4.69, 9.17) is 5.73 Å². The number of aryl methyl sites for hydroxylation is 2. The summed E-state index contributed by atoms with van der Waals surface area (Å²) in [5.74, 6) is -0.215. The summed E-state index contributed by atoms with van der Waals surface area (Å²) >= 11 is 3.55. The maximum absolute atomic E-state index is 13.2. The highest BCUT2D eigenvalue weighted by Crippen LogP contribution is 2.26. The highest BCUT2D eigenvalue weighted by atomic mass is 79.9. The van der Waals surface area contributed by atoms with Crippen LogP contribution in [0.4, 0.5) is 4.39 Å². The third-order valence-electron chi connectivity index (χ3n) is 3.23. The first-order valence-electron chi connectivity index (χ1n) is 6.24. The molecule has 2 aromatic rings. The molecule has 0 aliphatic carbocycles.